The van der Waals surface area contributed by atoms with Crippen LogP contribution in [-0.4, -0.2) is 47.0 Å². The second-order valence-electron chi connectivity index (χ2n) is 4.82. The number of urea groups is 1. The van der Waals surface area contributed by atoms with Crippen LogP contribution in [-0.2, 0) is 9.59 Å². The number of nitrogens with two attached hydrogens (primary N) is 1. The number of carboxylic acid groups (broad SMARTS) is 1. The van der Waals surface area contributed by atoms with Gasteiger partial charge in [0.25, 0.3) is 0 Å². The zero-order chi connectivity index (χ0) is 15.0. The summed E-state index contributed by atoms with van der Waals surface area (Å²) in [7, 11) is 0. The Morgan fingerprint density at radius 1 is 1.26 bits per heavy atom. The molecular weight excluding hydrogens is 250 g/mol. The summed E-state index contributed by atoms with van der Waals surface area (Å²) in [5.74, 6) is -1.48. The SMILES string of the molecule is CCC(C)CC(C)NC(=O)N(CC(N)=O)CC(=O)O. The molecule has 0 heterocycles. The van der Waals surface area contributed by atoms with Crippen LogP contribution in [0.1, 0.15) is 33.6 Å². The van der Waals surface area contributed by atoms with E-state index in [1.807, 2.05) is 6.92 Å². The van der Waals surface area contributed by atoms with Gasteiger partial charge in [-0.25, -0.2) is 4.79 Å². The van der Waals surface area contributed by atoms with Gasteiger partial charge in [-0.15, -0.1) is 0 Å². The summed E-state index contributed by atoms with van der Waals surface area (Å²) in [6, 6.07) is -0.677. The van der Waals surface area contributed by atoms with Crippen LogP contribution in [0.2, 0.25) is 0 Å². The van der Waals surface area contributed by atoms with E-state index in [0.717, 1.165) is 17.7 Å². The number of carbonyl (C=O) groups is 3. The van der Waals surface area contributed by atoms with Gasteiger partial charge in [-0.1, -0.05) is 20.3 Å². The first kappa shape index (κ1) is 17.2. The Labute approximate surface area is 113 Å². The van der Waals surface area contributed by atoms with Gasteiger partial charge in [-0.3, -0.25) is 9.59 Å². The maximum Gasteiger partial charge on any atom is 0.323 e. The molecule has 0 saturated heterocycles. The van der Waals surface area contributed by atoms with Gasteiger partial charge in [-0.2, -0.15) is 0 Å². The molecule has 0 fully saturated rings. The number of carbonyl (C=O) groups excluding carboxylic acids is 2. The van der Waals surface area contributed by atoms with Crippen LogP contribution in [0.5, 0.6) is 0 Å². The van der Waals surface area contributed by atoms with Crippen molar-refractivity contribution in [3.05, 3.63) is 0 Å². The Kier molecular flexibility index (Phi) is 7.55. The number of hydrogen-bond donors (Lipinski definition) is 3. The number of aliphatic carboxylic acids is 1. The fourth-order valence-electron chi connectivity index (χ4n) is 1.68. The lowest BCUT2D eigenvalue weighted by Gasteiger charge is -2.23. The quantitative estimate of drug-likeness (QED) is 0.593. The minimum absolute atomic E-state index is 0.0911. The largest absolute Gasteiger partial charge is 0.480 e. The lowest BCUT2D eigenvalue weighted by Crippen LogP contribution is -2.49. The molecule has 4 N–H and O–H groups in total. The van der Waals surface area contributed by atoms with E-state index in [9.17, 15) is 14.4 Å². The maximum absolute atomic E-state index is 11.8. The highest BCUT2D eigenvalue weighted by molar-refractivity contribution is 5.86. The van der Waals surface area contributed by atoms with Crippen LogP contribution < -0.4 is 11.1 Å². The number of amides is 3. The second kappa shape index (κ2) is 8.34. The van der Waals surface area contributed by atoms with Crippen molar-refractivity contribution in [3.63, 3.8) is 0 Å². The van der Waals surface area contributed by atoms with Crippen LogP contribution in [0.25, 0.3) is 0 Å². The van der Waals surface area contributed by atoms with Gasteiger partial charge in [0.05, 0.1) is 0 Å². The average molecular weight is 273 g/mol. The highest BCUT2D eigenvalue weighted by atomic mass is 16.4. The van der Waals surface area contributed by atoms with Crippen LogP contribution in [0.3, 0.4) is 0 Å². The molecule has 7 nitrogen and oxygen atoms in total. The lowest BCUT2D eigenvalue weighted by molar-refractivity contribution is -0.137. The van der Waals surface area contributed by atoms with E-state index in [-0.39, 0.29) is 6.04 Å². The average Bonchev–Trinajstić information content (AvgIpc) is 2.26. The van der Waals surface area contributed by atoms with E-state index in [2.05, 4.69) is 19.2 Å². The van der Waals surface area contributed by atoms with E-state index < -0.39 is 31.0 Å². The molecule has 110 valence electrons. The molecule has 7 heteroatoms. The van der Waals surface area contributed by atoms with Crippen molar-refractivity contribution >= 4 is 17.9 Å². The monoisotopic (exact) mass is 273 g/mol. The van der Waals surface area contributed by atoms with Gasteiger partial charge in [0.1, 0.15) is 13.1 Å². The molecule has 19 heavy (non-hydrogen) atoms. The molecule has 0 aromatic rings. The summed E-state index contributed by atoms with van der Waals surface area (Å²) < 4.78 is 0. The zero-order valence-electron chi connectivity index (χ0n) is 11.7. The number of rotatable bonds is 8. The Bertz CT molecular complexity index is 317. The second-order valence-corrected chi connectivity index (χ2v) is 4.82. The predicted molar refractivity (Wildman–Crippen MR) is 70.5 cm³/mol. The third kappa shape index (κ3) is 8.01. The highest BCUT2D eigenvalue weighted by Crippen LogP contribution is 2.09. The topological polar surface area (TPSA) is 113 Å². The molecule has 0 aliphatic rings. The number of carboxylic acids is 1. The van der Waals surface area contributed by atoms with Crippen molar-refractivity contribution in [2.24, 2.45) is 11.7 Å². The molecular formula is C12H23N3O4. The fraction of sp³-hybridized carbons (Fsp3) is 0.750. The van der Waals surface area contributed by atoms with E-state index in [0.29, 0.717) is 5.92 Å². The van der Waals surface area contributed by atoms with Crippen LogP contribution in [0.4, 0.5) is 4.79 Å². The van der Waals surface area contributed by atoms with E-state index in [1.165, 1.54) is 0 Å². The fourth-order valence-corrected chi connectivity index (χ4v) is 1.68. The summed E-state index contributed by atoms with van der Waals surface area (Å²) >= 11 is 0. The first-order valence-electron chi connectivity index (χ1n) is 6.31. The van der Waals surface area contributed by atoms with Crippen molar-refractivity contribution in [1.29, 1.82) is 0 Å². The van der Waals surface area contributed by atoms with Crippen molar-refractivity contribution < 1.29 is 19.5 Å². The van der Waals surface area contributed by atoms with Crippen molar-refractivity contribution in [2.75, 3.05) is 13.1 Å². The van der Waals surface area contributed by atoms with Gasteiger partial charge >= 0.3 is 12.0 Å². The Morgan fingerprint density at radius 3 is 2.26 bits per heavy atom. The number of hydrogen-bond acceptors (Lipinski definition) is 3. The number of primary amides is 1. The van der Waals surface area contributed by atoms with Gasteiger partial charge in [0, 0.05) is 6.04 Å². The van der Waals surface area contributed by atoms with Gasteiger partial charge < -0.3 is 21.1 Å². The van der Waals surface area contributed by atoms with Crippen LogP contribution in [0, 0.1) is 5.92 Å². The molecule has 0 bridgehead atoms. The highest BCUT2D eigenvalue weighted by Gasteiger charge is 2.20. The Hall–Kier alpha value is -1.79. The summed E-state index contributed by atoms with van der Waals surface area (Å²) in [6.45, 7) is 5.01. The van der Waals surface area contributed by atoms with Crippen molar-refractivity contribution in [2.45, 2.75) is 39.7 Å². The minimum atomic E-state index is -1.19. The van der Waals surface area contributed by atoms with Crippen LogP contribution >= 0.6 is 0 Å². The van der Waals surface area contributed by atoms with Gasteiger partial charge in [-0.05, 0) is 19.3 Å². The van der Waals surface area contributed by atoms with Gasteiger partial charge in [0.15, 0.2) is 0 Å². The zero-order valence-corrected chi connectivity index (χ0v) is 11.7. The molecule has 0 saturated carbocycles. The summed E-state index contributed by atoms with van der Waals surface area (Å²) in [5.41, 5.74) is 4.99. The minimum Gasteiger partial charge on any atom is -0.480 e. The molecule has 2 atom stereocenters. The summed E-state index contributed by atoms with van der Waals surface area (Å²) in [5, 5.41) is 11.4. The molecule has 2 unspecified atom stereocenters. The molecule has 3 amide bonds. The number of nitrogens with zero attached hydrogens (tertiary/aromatic N) is 1. The standard InChI is InChI=1S/C12H23N3O4/c1-4-8(2)5-9(3)14-12(19)15(6-10(13)16)7-11(17)18/h8-9H,4-7H2,1-3H3,(H2,13,16)(H,14,19)(H,17,18). The molecule has 0 aromatic carbocycles. The van der Waals surface area contributed by atoms with E-state index in [4.69, 9.17) is 10.8 Å². The Morgan fingerprint density at radius 2 is 1.84 bits per heavy atom. The lowest BCUT2D eigenvalue weighted by atomic mass is 10.0. The molecule has 0 rings (SSSR count). The summed E-state index contributed by atoms with van der Waals surface area (Å²) in [4.78, 5) is 34.2. The van der Waals surface area contributed by atoms with Crippen molar-refractivity contribution in [1.82, 2.24) is 10.2 Å². The number of nitrogens with one attached hydrogen (secondary N) is 1. The third-order valence-electron chi connectivity index (χ3n) is 2.78. The molecule has 0 aromatic heterocycles. The van der Waals surface area contributed by atoms with Crippen molar-refractivity contribution in [3.8, 4) is 0 Å². The molecule has 0 aliphatic heterocycles. The third-order valence-corrected chi connectivity index (χ3v) is 2.78. The normalized spacial score (nSPS) is 13.4. The predicted octanol–water partition coefficient (Wildman–Crippen LogP) is 0.393. The smallest absolute Gasteiger partial charge is 0.323 e. The van der Waals surface area contributed by atoms with E-state index >= 15 is 0 Å². The first-order chi connectivity index (χ1) is 8.76. The van der Waals surface area contributed by atoms with E-state index in [1.54, 1.807) is 0 Å². The van der Waals surface area contributed by atoms with Crippen LogP contribution in [0.15, 0.2) is 0 Å². The van der Waals surface area contributed by atoms with Gasteiger partial charge in [0.2, 0.25) is 5.91 Å². The summed E-state index contributed by atoms with van der Waals surface area (Å²) in [6.07, 6.45) is 1.79. The molecule has 0 aliphatic carbocycles. The maximum atomic E-state index is 11.8. The Balaban J connectivity index is 4.45. The molecule has 0 radical (unpaired) electrons. The molecule has 0 spiro atoms. The first-order valence-corrected chi connectivity index (χ1v) is 6.31.